The number of carbonyl (C=O) groups is 3. The number of benzene rings is 2. The topological polar surface area (TPSA) is 90.9 Å². The number of esters is 2. The van der Waals surface area contributed by atoms with Gasteiger partial charge < -0.3 is 19.5 Å². The molecule has 0 radical (unpaired) electrons. The van der Waals surface area contributed by atoms with Crippen molar-refractivity contribution in [2.45, 2.75) is 52.7 Å². The predicted molar refractivity (Wildman–Crippen MR) is 142 cm³/mol. The summed E-state index contributed by atoms with van der Waals surface area (Å²) in [7, 11) is 2.64. The van der Waals surface area contributed by atoms with Crippen LogP contribution in [-0.4, -0.2) is 38.1 Å². The molecule has 200 valence electrons. The minimum absolute atomic E-state index is 0.209. The molecule has 0 aromatic heterocycles. The summed E-state index contributed by atoms with van der Waals surface area (Å²) in [5.41, 5.74) is 0.0496. The van der Waals surface area contributed by atoms with E-state index >= 15 is 0 Å². The Hall–Kier alpha value is -2.77. The van der Waals surface area contributed by atoms with Crippen LogP contribution in [0.15, 0.2) is 42.5 Å². The lowest BCUT2D eigenvalue weighted by Crippen LogP contribution is -2.50. The lowest BCUT2D eigenvalue weighted by atomic mass is 9.65. The molecule has 1 N–H and O–H groups in total. The van der Waals surface area contributed by atoms with Crippen LogP contribution in [0.5, 0.6) is 5.75 Å². The van der Waals surface area contributed by atoms with Gasteiger partial charge >= 0.3 is 11.9 Å². The second kappa shape index (κ2) is 11.7. The molecule has 0 heterocycles. The first kappa shape index (κ1) is 28.8. The van der Waals surface area contributed by atoms with Gasteiger partial charge in [0.25, 0.3) is 0 Å². The van der Waals surface area contributed by atoms with Crippen LogP contribution >= 0.6 is 23.2 Å². The van der Waals surface area contributed by atoms with E-state index in [-0.39, 0.29) is 24.9 Å². The van der Waals surface area contributed by atoms with Gasteiger partial charge in [0.15, 0.2) is 0 Å². The fraction of sp³-hybridized carbons (Fsp3) is 0.464. The molecule has 0 bridgehead atoms. The van der Waals surface area contributed by atoms with E-state index in [9.17, 15) is 14.4 Å². The Bertz CT molecular complexity index is 1130. The second-order valence-corrected chi connectivity index (χ2v) is 10.9. The van der Waals surface area contributed by atoms with E-state index in [2.05, 4.69) is 5.32 Å². The molecule has 1 amide bonds. The third-order valence-corrected chi connectivity index (χ3v) is 8.50. The standard InChI is InChI=1S/C28H33Cl2NO6/c1-27(2)20(13-14-28(27,3)26(34)36-5)24(32)31-23(25(33)35-4)15-17-9-11-18(12-10-17)37-16-19-21(29)7-6-8-22(19)30/h6-12,20,23H,13-16H2,1-5H3,(H,31,32)/t20-,23+,28+/m1/s1. The Morgan fingerprint density at radius 1 is 1.00 bits per heavy atom. The van der Waals surface area contributed by atoms with Crippen LogP contribution in [-0.2, 0) is 36.9 Å². The first-order valence-corrected chi connectivity index (χ1v) is 12.8. The van der Waals surface area contributed by atoms with Crippen LogP contribution in [0.2, 0.25) is 10.0 Å². The summed E-state index contributed by atoms with van der Waals surface area (Å²) in [5, 5.41) is 3.91. The van der Waals surface area contributed by atoms with Crippen molar-refractivity contribution in [3.8, 4) is 5.75 Å². The predicted octanol–water partition coefficient (Wildman–Crippen LogP) is 5.39. The van der Waals surface area contributed by atoms with Gasteiger partial charge in [-0.3, -0.25) is 9.59 Å². The lowest BCUT2D eigenvalue weighted by Gasteiger charge is -2.39. The number of rotatable bonds is 9. The third kappa shape index (κ3) is 6.04. The van der Waals surface area contributed by atoms with Crippen molar-refractivity contribution in [3.05, 3.63) is 63.6 Å². The maximum Gasteiger partial charge on any atom is 0.328 e. The molecule has 0 saturated heterocycles. The highest BCUT2D eigenvalue weighted by Crippen LogP contribution is 2.56. The van der Waals surface area contributed by atoms with E-state index in [0.717, 1.165) is 5.56 Å². The smallest absolute Gasteiger partial charge is 0.328 e. The van der Waals surface area contributed by atoms with Crippen LogP contribution in [0.3, 0.4) is 0 Å². The first-order valence-electron chi connectivity index (χ1n) is 12.1. The maximum atomic E-state index is 13.3. The molecule has 3 atom stereocenters. The van der Waals surface area contributed by atoms with E-state index in [4.69, 9.17) is 37.4 Å². The van der Waals surface area contributed by atoms with Crippen molar-refractivity contribution >= 4 is 41.0 Å². The number of hydrogen-bond acceptors (Lipinski definition) is 6. The molecule has 1 aliphatic carbocycles. The highest BCUT2D eigenvalue weighted by molar-refractivity contribution is 6.35. The van der Waals surface area contributed by atoms with Gasteiger partial charge in [0.2, 0.25) is 5.91 Å². The van der Waals surface area contributed by atoms with Gasteiger partial charge in [-0.2, -0.15) is 0 Å². The molecule has 7 nitrogen and oxygen atoms in total. The van der Waals surface area contributed by atoms with Gasteiger partial charge in [0, 0.05) is 27.9 Å². The second-order valence-electron chi connectivity index (χ2n) is 10.1. The molecule has 0 spiro atoms. The zero-order valence-corrected chi connectivity index (χ0v) is 23.2. The molecule has 1 fully saturated rings. The fourth-order valence-corrected chi connectivity index (χ4v) is 5.45. The van der Waals surface area contributed by atoms with Crippen LogP contribution in [0.1, 0.15) is 44.7 Å². The summed E-state index contributed by atoms with van der Waals surface area (Å²) in [6.07, 6.45) is 1.27. The van der Waals surface area contributed by atoms with Gasteiger partial charge in [-0.1, -0.05) is 55.2 Å². The van der Waals surface area contributed by atoms with E-state index in [1.54, 1.807) is 30.3 Å². The zero-order chi connectivity index (χ0) is 27.4. The average molecular weight is 550 g/mol. The lowest BCUT2D eigenvalue weighted by molar-refractivity contribution is -0.159. The Morgan fingerprint density at radius 2 is 1.62 bits per heavy atom. The van der Waals surface area contributed by atoms with E-state index in [0.29, 0.717) is 34.2 Å². The van der Waals surface area contributed by atoms with Crippen LogP contribution in [0.25, 0.3) is 0 Å². The van der Waals surface area contributed by atoms with Gasteiger partial charge in [-0.15, -0.1) is 0 Å². The number of ether oxygens (including phenoxy) is 3. The highest BCUT2D eigenvalue weighted by Gasteiger charge is 2.59. The summed E-state index contributed by atoms with van der Waals surface area (Å²) in [6, 6.07) is 11.6. The minimum Gasteiger partial charge on any atom is -0.489 e. The first-order chi connectivity index (χ1) is 17.4. The van der Waals surface area contributed by atoms with Gasteiger partial charge in [-0.25, -0.2) is 4.79 Å². The molecule has 2 aromatic carbocycles. The molecule has 3 rings (SSSR count). The third-order valence-electron chi connectivity index (χ3n) is 7.79. The number of carbonyl (C=O) groups excluding carboxylic acids is 3. The normalized spacial score (nSPS) is 21.1. The van der Waals surface area contributed by atoms with E-state index in [1.807, 2.05) is 32.9 Å². The number of halogens is 2. The summed E-state index contributed by atoms with van der Waals surface area (Å²) >= 11 is 12.4. The van der Waals surface area contributed by atoms with Gasteiger partial charge in [0.1, 0.15) is 18.4 Å². The molecule has 9 heteroatoms. The minimum atomic E-state index is -0.882. The Kier molecular flexibility index (Phi) is 9.13. The van der Waals surface area contributed by atoms with Gasteiger partial charge in [0.05, 0.1) is 19.6 Å². The van der Waals surface area contributed by atoms with Crippen molar-refractivity contribution < 1.29 is 28.6 Å². The molecule has 1 aliphatic rings. The van der Waals surface area contributed by atoms with Crippen molar-refractivity contribution in [3.63, 3.8) is 0 Å². The van der Waals surface area contributed by atoms with Crippen LogP contribution in [0.4, 0.5) is 0 Å². The number of nitrogens with one attached hydrogen (secondary N) is 1. The van der Waals surface area contributed by atoms with Crippen molar-refractivity contribution in [1.29, 1.82) is 0 Å². The SMILES string of the molecule is COC(=O)[C@H](Cc1ccc(OCc2c(Cl)cccc2Cl)cc1)NC(=O)[C@H]1CC[C@@](C)(C(=O)OC)C1(C)C. The summed E-state index contributed by atoms with van der Waals surface area (Å²) in [5.74, 6) is -1.03. The molecule has 0 unspecified atom stereocenters. The summed E-state index contributed by atoms with van der Waals surface area (Å²) < 4.78 is 15.8. The molecule has 0 aliphatic heterocycles. The molecular weight excluding hydrogens is 517 g/mol. The molecular formula is C28H33Cl2NO6. The number of amides is 1. The Balaban J connectivity index is 1.67. The number of hydrogen-bond donors (Lipinski definition) is 1. The molecule has 37 heavy (non-hydrogen) atoms. The largest absolute Gasteiger partial charge is 0.489 e. The highest BCUT2D eigenvalue weighted by atomic mass is 35.5. The average Bonchev–Trinajstić information content (AvgIpc) is 3.12. The van der Waals surface area contributed by atoms with Crippen molar-refractivity contribution in [1.82, 2.24) is 5.32 Å². The van der Waals surface area contributed by atoms with Crippen molar-refractivity contribution in [2.75, 3.05) is 14.2 Å². The van der Waals surface area contributed by atoms with E-state index < -0.39 is 28.8 Å². The number of methoxy groups -OCH3 is 2. The van der Waals surface area contributed by atoms with E-state index in [1.165, 1.54) is 14.2 Å². The maximum absolute atomic E-state index is 13.3. The quantitative estimate of drug-likeness (QED) is 0.421. The summed E-state index contributed by atoms with van der Waals surface area (Å²) in [6.45, 7) is 5.82. The van der Waals surface area contributed by atoms with Crippen LogP contribution in [0, 0.1) is 16.7 Å². The summed E-state index contributed by atoms with van der Waals surface area (Å²) in [4.78, 5) is 38.3. The van der Waals surface area contributed by atoms with Crippen molar-refractivity contribution in [2.24, 2.45) is 16.7 Å². The van der Waals surface area contributed by atoms with Crippen LogP contribution < -0.4 is 10.1 Å². The Morgan fingerprint density at radius 3 is 2.19 bits per heavy atom. The molecule has 2 aromatic rings. The monoisotopic (exact) mass is 549 g/mol. The zero-order valence-electron chi connectivity index (χ0n) is 21.7. The fourth-order valence-electron chi connectivity index (χ4n) is 4.94. The Labute approximate surface area is 227 Å². The molecule has 1 saturated carbocycles. The van der Waals surface area contributed by atoms with Gasteiger partial charge in [-0.05, 0) is 55.0 Å².